The van der Waals surface area contributed by atoms with E-state index in [0.29, 0.717) is 28.3 Å². The van der Waals surface area contributed by atoms with Crippen molar-refractivity contribution in [2.45, 2.75) is 0 Å². The summed E-state index contributed by atoms with van der Waals surface area (Å²) in [6, 6.07) is 9.29. The molecule has 0 fully saturated rings. The molecule has 6 nitrogen and oxygen atoms in total. The summed E-state index contributed by atoms with van der Waals surface area (Å²) in [7, 11) is 0. The van der Waals surface area contributed by atoms with E-state index in [-0.39, 0.29) is 12.4 Å². The van der Waals surface area contributed by atoms with Gasteiger partial charge in [-0.2, -0.15) is 0 Å². The lowest BCUT2D eigenvalue weighted by Gasteiger charge is -2.03. The molecule has 1 aliphatic heterocycles. The van der Waals surface area contributed by atoms with E-state index in [9.17, 15) is 4.79 Å². The van der Waals surface area contributed by atoms with Gasteiger partial charge >= 0.3 is 0 Å². The normalized spacial score (nSPS) is 12.6. The summed E-state index contributed by atoms with van der Waals surface area (Å²) in [6.45, 7) is 0.198. The van der Waals surface area contributed by atoms with E-state index in [1.54, 1.807) is 18.5 Å². The number of hydrogen-bond acceptors (Lipinski definition) is 6. The second-order valence-corrected chi connectivity index (χ2v) is 6.44. The highest BCUT2D eigenvalue weighted by atomic mass is 32.1. The van der Waals surface area contributed by atoms with Crippen molar-refractivity contribution in [1.29, 1.82) is 0 Å². The van der Waals surface area contributed by atoms with Crippen LogP contribution in [0.5, 0.6) is 11.5 Å². The second kappa shape index (κ2) is 5.42. The number of thiazole rings is 1. The molecule has 0 atom stereocenters. The van der Waals surface area contributed by atoms with E-state index >= 15 is 0 Å². The fourth-order valence-electron chi connectivity index (χ4n) is 2.81. The number of aromatic nitrogens is 3. The SMILES string of the molecule is O=c1[nH]c2cc3c(cc2cc1-c1csc(-c2cccnc2)n1)OCO3. The second-order valence-electron chi connectivity index (χ2n) is 5.58. The smallest absolute Gasteiger partial charge is 0.257 e. The zero-order valence-corrected chi connectivity index (χ0v) is 13.7. The first-order valence-corrected chi connectivity index (χ1v) is 8.49. The summed E-state index contributed by atoms with van der Waals surface area (Å²) in [6.07, 6.45) is 3.48. The van der Waals surface area contributed by atoms with Crippen molar-refractivity contribution >= 4 is 22.2 Å². The Balaban J connectivity index is 1.63. The van der Waals surface area contributed by atoms with Crippen LogP contribution in [0.2, 0.25) is 0 Å². The number of H-pyrrole nitrogens is 1. The van der Waals surface area contributed by atoms with Gasteiger partial charge in [0.2, 0.25) is 6.79 Å². The Kier molecular flexibility index (Phi) is 3.07. The molecular weight excluding hydrogens is 338 g/mol. The summed E-state index contributed by atoms with van der Waals surface area (Å²) in [4.78, 5) is 24.1. The molecule has 1 N–H and O–H groups in total. The van der Waals surface area contributed by atoms with Crippen LogP contribution >= 0.6 is 11.3 Å². The van der Waals surface area contributed by atoms with Gasteiger partial charge in [-0.3, -0.25) is 9.78 Å². The van der Waals surface area contributed by atoms with E-state index < -0.39 is 0 Å². The average Bonchev–Trinajstić information content (AvgIpc) is 3.29. The summed E-state index contributed by atoms with van der Waals surface area (Å²) in [5, 5.41) is 3.58. The number of rotatable bonds is 2. The Morgan fingerprint density at radius 3 is 2.88 bits per heavy atom. The molecule has 1 aromatic carbocycles. The van der Waals surface area contributed by atoms with Crippen LogP contribution in [0.25, 0.3) is 32.7 Å². The molecule has 3 aromatic heterocycles. The van der Waals surface area contributed by atoms with Crippen LogP contribution in [-0.4, -0.2) is 21.7 Å². The first-order chi connectivity index (χ1) is 12.3. The molecule has 0 radical (unpaired) electrons. The van der Waals surface area contributed by atoms with Crippen molar-refractivity contribution in [2.75, 3.05) is 6.79 Å². The number of ether oxygens (including phenoxy) is 2. The summed E-state index contributed by atoms with van der Waals surface area (Å²) in [5.74, 6) is 1.32. The Labute approximate surface area is 145 Å². The van der Waals surface area contributed by atoms with Gasteiger partial charge in [0.15, 0.2) is 11.5 Å². The number of benzene rings is 1. The lowest BCUT2D eigenvalue weighted by Crippen LogP contribution is -2.08. The van der Waals surface area contributed by atoms with Crippen LogP contribution < -0.4 is 15.0 Å². The number of aromatic amines is 1. The minimum absolute atomic E-state index is 0.186. The van der Waals surface area contributed by atoms with Gasteiger partial charge in [-0.1, -0.05) is 0 Å². The fourth-order valence-corrected chi connectivity index (χ4v) is 3.62. The van der Waals surface area contributed by atoms with Gasteiger partial charge in [0.25, 0.3) is 5.56 Å². The molecular formula is C18H11N3O3S. The monoisotopic (exact) mass is 349 g/mol. The predicted octanol–water partition coefficient (Wildman–Crippen LogP) is 3.44. The predicted molar refractivity (Wildman–Crippen MR) is 95.0 cm³/mol. The molecule has 0 spiro atoms. The van der Waals surface area contributed by atoms with E-state index in [2.05, 4.69) is 15.0 Å². The van der Waals surface area contributed by atoms with Gasteiger partial charge in [-0.15, -0.1) is 11.3 Å². The molecule has 0 amide bonds. The Hall–Kier alpha value is -3.19. The van der Waals surface area contributed by atoms with Gasteiger partial charge in [-0.05, 0) is 24.3 Å². The van der Waals surface area contributed by atoms with Crippen molar-refractivity contribution in [3.8, 4) is 33.3 Å². The van der Waals surface area contributed by atoms with E-state index in [4.69, 9.17) is 9.47 Å². The maximum atomic E-state index is 12.5. The zero-order chi connectivity index (χ0) is 16.8. The number of fused-ring (bicyclic) bond motifs is 2. The minimum Gasteiger partial charge on any atom is -0.454 e. The average molecular weight is 349 g/mol. The number of nitrogens with one attached hydrogen (secondary N) is 1. The van der Waals surface area contributed by atoms with Gasteiger partial charge in [-0.25, -0.2) is 4.98 Å². The molecule has 4 aromatic rings. The molecule has 0 unspecified atom stereocenters. The third-order valence-electron chi connectivity index (χ3n) is 4.03. The molecule has 0 saturated carbocycles. The van der Waals surface area contributed by atoms with Gasteiger partial charge in [0.05, 0.1) is 16.8 Å². The summed E-state index contributed by atoms with van der Waals surface area (Å²) < 4.78 is 10.8. The number of nitrogens with zero attached hydrogens (tertiary/aromatic N) is 2. The molecule has 5 rings (SSSR count). The van der Waals surface area contributed by atoms with Gasteiger partial charge in [0.1, 0.15) is 5.01 Å². The molecule has 0 aliphatic carbocycles. The van der Waals surface area contributed by atoms with Crippen molar-refractivity contribution in [2.24, 2.45) is 0 Å². The summed E-state index contributed by atoms with van der Waals surface area (Å²) >= 11 is 1.48. The maximum absolute atomic E-state index is 12.5. The highest BCUT2D eigenvalue weighted by Crippen LogP contribution is 2.36. The minimum atomic E-state index is -0.186. The molecule has 0 bridgehead atoms. The number of pyridine rings is 2. The molecule has 25 heavy (non-hydrogen) atoms. The van der Waals surface area contributed by atoms with Crippen LogP contribution in [0.15, 0.2) is 52.9 Å². The lowest BCUT2D eigenvalue weighted by atomic mass is 10.1. The van der Waals surface area contributed by atoms with Crippen LogP contribution in [0.3, 0.4) is 0 Å². The van der Waals surface area contributed by atoms with Crippen LogP contribution in [0, 0.1) is 0 Å². The Morgan fingerprint density at radius 1 is 1.16 bits per heavy atom. The highest BCUT2D eigenvalue weighted by Gasteiger charge is 2.17. The fraction of sp³-hybridized carbons (Fsp3) is 0.0556. The summed E-state index contributed by atoms with van der Waals surface area (Å²) in [5.41, 5.74) is 2.62. The third kappa shape index (κ3) is 2.36. The van der Waals surface area contributed by atoms with E-state index in [1.807, 2.05) is 29.6 Å². The van der Waals surface area contributed by atoms with E-state index in [0.717, 1.165) is 16.0 Å². The largest absolute Gasteiger partial charge is 0.454 e. The van der Waals surface area contributed by atoms with Crippen molar-refractivity contribution in [1.82, 2.24) is 15.0 Å². The van der Waals surface area contributed by atoms with Gasteiger partial charge < -0.3 is 14.5 Å². The van der Waals surface area contributed by atoms with Crippen LogP contribution in [0.1, 0.15) is 0 Å². The first-order valence-electron chi connectivity index (χ1n) is 7.61. The highest BCUT2D eigenvalue weighted by molar-refractivity contribution is 7.13. The van der Waals surface area contributed by atoms with Crippen LogP contribution in [0.4, 0.5) is 0 Å². The van der Waals surface area contributed by atoms with Crippen molar-refractivity contribution < 1.29 is 9.47 Å². The van der Waals surface area contributed by atoms with E-state index in [1.165, 1.54) is 11.3 Å². The van der Waals surface area contributed by atoms with Crippen molar-refractivity contribution in [3.63, 3.8) is 0 Å². The standard InChI is InChI=1S/C18H11N3O3S/c22-17-12(14-8-25-18(21-14)10-2-1-3-19-7-10)4-11-5-15-16(24-9-23-15)6-13(11)20-17/h1-8H,9H2,(H,20,22). The number of hydrogen-bond donors (Lipinski definition) is 1. The molecule has 1 aliphatic rings. The molecule has 4 heterocycles. The molecule has 122 valence electrons. The topological polar surface area (TPSA) is 77.1 Å². The Bertz CT molecular complexity index is 1150. The lowest BCUT2D eigenvalue weighted by molar-refractivity contribution is 0.174. The Morgan fingerprint density at radius 2 is 2.04 bits per heavy atom. The first kappa shape index (κ1) is 14.2. The quantitative estimate of drug-likeness (QED) is 0.600. The maximum Gasteiger partial charge on any atom is 0.257 e. The van der Waals surface area contributed by atoms with Crippen LogP contribution in [-0.2, 0) is 0 Å². The molecule has 7 heteroatoms. The third-order valence-corrected chi connectivity index (χ3v) is 4.92. The zero-order valence-electron chi connectivity index (χ0n) is 12.9. The molecule has 0 saturated heterocycles. The van der Waals surface area contributed by atoms with Crippen molar-refractivity contribution in [3.05, 3.63) is 58.5 Å². The van der Waals surface area contributed by atoms with Gasteiger partial charge in [0, 0.05) is 34.8 Å².